The summed E-state index contributed by atoms with van der Waals surface area (Å²) in [5.74, 6) is -2.29. The van der Waals surface area contributed by atoms with Crippen LogP contribution in [-0.4, -0.2) is 5.78 Å². The minimum atomic E-state index is -0.836. The first kappa shape index (κ1) is 14.0. The van der Waals surface area contributed by atoms with Gasteiger partial charge in [0.25, 0.3) is 0 Å². The smallest absolute Gasteiger partial charge is 0.197 e. The zero-order valence-electron chi connectivity index (χ0n) is 9.38. The van der Waals surface area contributed by atoms with E-state index in [0.717, 1.165) is 12.1 Å². The Labute approximate surface area is 121 Å². The fourth-order valence-corrected chi connectivity index (χ4v) is 2.08. The Morgan fingerprint density at radius 1 is 1.11 bits per heavy atom. The van der Waals surface area contributed by atoms with Gasteiger partial charge in [-0.05, 0) is 46.3 Å². The van der Waals surface area contributed by atoms with Crippen LogP contribution in [0.3, 0.4) is 0 Å². The lowest BCUT2D eigenvalue weighted by Gasteiger charge is -2.07. The SMILES string of the molecule is Nc1ccc(Cl)c(C(=O)c2cc(F)c(Br)cc2F)c1. The van der Waals surface area contributed by atoms with Crippen molar-refractivity contribution in [3.05, 3.63) is 62.6 Å². The molecule has 0 heterocycles. The van der Waals surface area contributed by atoms with Gasteiger partial charge in [0.05, 0.1) is 15.1 Å². The van der Waals surface area contributed by atoms with Gasteiger partial charge >= 0.3 is 0 Å². The first-order valence-corrected chi connectivity index (χ1v) is 6.31. The molecule has 0 radical (unpaired) electrons. The van der Waals surface area contributed by atoms with Gasteiger partial charge in [0, 0.05) is 11.3 Å². The third-order valence-electron chi connectivity index (χ3n) is 2.49. The van der Waals surface area contributed by atoms with Gasteiger partial charge in [-0.25, -0.2) is 8.78 Å². The second kappa shape index (κ2) is 5.27. The normalized spacial score (nSPS) is 10.5. The molecule has 0 spiro atoms. The fourth-order valence-electron chi connectivity index (χ4n) is 1.56. The van der Waals surface area contributed by atoms with Crippen molar-refractivity contribution in [2.45, 2.75) is 0 Å². The minimum Gasteiger partial charge on any atom is -0.399 e. The summed E-state index contributed by atoms with van der Waals surface area (Å²) in [5.41, 5.74) is 5.49. The topological polar surface area (TPSA) is 43.1 Å². The van der Waals surface area contributed by atoms with E-state index in [1.54, 1.807) is 0 Å². The number of ketones is 1. The Bertz CT molecular complexity index is 676. The van der Waals surface area contributed by atoms with Crippen LogP contribution in [0.1, 0.15) is 15.9 Å². The zero-order chi connectivity index (χ0) is 14.2. The summed E-state index contributed by atoms with van der Waals surface area (Å²) in [7, 11) is 0. The molecule has 0 aliphatic rings. The molecule has 2 rings (SSSR count). The van der Waals surface area contributed by atoms with Crippen molar-refractivity contribution in [2.75, 3.05) is 5.73 Å². The molecular weight excluding hydrogens is 340 g/mol. The summed E-state index contributed by atoms with van der Waals surface area (Å²) in [4.78, 5) is 12.1. The van der Waals surface area contributed by atoms with Crippen molar-refractivity contribution < 1.29 is 13.6 Å². The Balaban J connectivity index is 2.56. The minimum absolute atomic E-state index is 0.0299. The highest BCUT2D eigenvalue weighted by Gasteiger charge is 2.19. The highest BCUT2D eigenvalue weighted by molar-refractivity contribution is 9.10. The third-order valence-corrected chi connectivity index (χ3v) is 3.43. The predicted molar refractivity (Wildman–Crippen MR) is 73.4 cm³/mol. The van der Waals surface area contributed by atoms with Gasteiger partial charge in [0.1, 0.15) is 11.6 Å². The number of rotatable bonds is 2. The van der Waals surface area contributed by atoms with Crippen molar-refractivity contribution in [1.82, 2.24) is 0 Å². The molecule has 2 nitrogen and oxygen atoms in total. The van der Waals surface area contributed by atoms with Crippen molar-refractivity contribution in [3.63, 3.8) is 0 Å². The second-order valence-corrected chi connectivity index (χ2v) is 5.08. The number of hydrogen-bond acceptors (Lipinski definition) is 2. The molecule has 19 heavy (non-hydrogen) atoms. The number of benzene rings is 2. The van der Waals surface area contributed by atoms with E-state index in [4.69, 9.17) is 17.3 Å². The Hall–Kier alpha value is -1.46. The Kier molecular flexibility index (Phi) is 3.87. The van der Waals surface area contributed by atoms with Gasteiger partial charge < -0.3 is 5.73 Å². The number of nitrogen functional groups attached to an aromatic ring is 1. The molecule has 0 saturated carbocycles. The van der Waals surface area contributed by atoms with Crippen LogP contribution >= 0.6 is 27.5 Å². The van der Waals surface area contributed by atoms with Crippen molar-refractivity contribution in [1.29, 1.82) is 0 Å². The Morgan fingerprint density at radius 3 is 2.47 bits per heavy atom. The Morgan fingerprint density at radius 2 is 1.79 bits per heavy atom. The number of carbonyl (C=O) groups is 1. The quantitative estimate of drug-likeness (QED) is 0.503. The molecule has 6 heteroatoms. The van der Waals surface area contributed by atoms with E-state index < -0.39 is 23.0 Å². The van der Waals surface area contributed by atoms with Crippen LogP contribution in [0.15, 0.2) is 34.8 Å². The highest BCUT2D eigenvalue weighted by atomic mass is 79.9. The highest BCUT2D eigenvalue weighted by Crippen LogP contribution is 2.26. The first-order valence-electron chi connectivity index (χ1n) is 5.14. The lowest BCUT2D eigenvalue weighted by Crippen LogP contribution is -2.07. The van der Waals surface area contributed by atoms with Gasteiger partial charge in [0.15, 0.2) is 5.78 Å². The van der Waals surface area contributed by atoms with Gasteiger partial charge in [-0.3, -0.25) is 4.79 Å². The second-order valence-electron chi connectivity index (χ2n) is 3.81. The average molecular weight is 347 g/mol. The molecule has 0 fully saturated rings. The number of nitrogens with two attached hydrogens (primary N) is 1. The van der Waals surface area contributed by atoms with Crippen LogP contribution in [0.25, 0.3) is 0 Å². The molecular formula is C13H7BrClF2NO. The number of anilines is 1. The number of halogens is 4. The summed E-state index contributed by atoms with van der Waals surface area (Å²) in [6, 6.07) is 5.98. The summed E-state index contributed by atoms with van der Waals surface area (Å²) in [5, 5.41) is 0.127. The van der Waals surface area contributed by atoms with Gasteiger partial charge in [-0.15, -0.1) is 0 Å². The number of carbonyl (C=O) groups excluding carboxylic acids is 1. The van der Waals surface area contributed by atoms with E-state index in [-0.39, 0.29) is 15.1 Å². The molecule has 98 valence electrons. The van der Waals surface area contributed by atoms with E-state index >= 15 is 0 Å². The molecule has 2 N–H and O–H groups in total. The summed E-state index contributed by atoms with van der Waals surface area (Å²) in [6.07, 6.45) is 0. The van der Waals surface area contributed by atoms with Crippen molar-refractivity contribution in [2.24, 2.45) is 0 Å². The number of hydrogen-bond donors (Lipinski definition) is 1. The first-order chi connectivity index (χ1) is 8.90. The molecule has 0 bridgehead atoms. The maximum Gasteiger partial charge on any atom is 0.197 e. The predicted octanol–water partition coefficient (Wildman–Crippen LogP) is 4.19. The summed E-state index contributed by atoms with van der Waals surface area (Å²) < 4.78 is 27.0. The van der Waals surface area contributed by atoms with Crippen LogP contribution in [0.4, 0.5) is 14.5 Å². The molecule has 2 aromatic carbocycles. The monoisotopic (exact) mass is 345 g/mol. The maximum absolute atomic E-state index is 13.7. The summed E-state index contributed by atoms with van der Waals surface area (Å²) in [6.45, 7) is 0. The fraction of sp³-hybridized carbons (Fsp3) is 0. The lowest BCUT2D eigenvalue weighted by molar-refractivity contribution is 0.103. The molecule has 0 amide bonds. The van der Waals surface area contributed by atoms with E-state index in [0.29, 0.717) is 5.69 Å². The molecule has 0 atom stereocenters. The molecule has 0 aromatic heterocycles. The van der Waals surface area contributed by atoms with Crippen LogP contribution in [0.2, 0.25) is 5.02 Å². The largest absolute Gasteiger partial charge is 0.399 e. The van der Waals surface area contributed by atoms with E-state index in [1.807, 2.05) is 0 Å². The summed E-state index contributed by atoms with van der Waals surface area (Å²) >= 11 is 8.70. The third kappa shape index (κ3) is 2.77. The average Bonchev–Trinajstić information content (AvgIpc) is 2.36. The van der Waals surface area contributed by atoms with Gasteiger partial charge in [0.2, 0.25) is 0 Å². The van der Waals surface area contributed by atoms with Gasteiger partial charge in [-0.1, -0.05) is 11.6 Å². The van der Waals surface area contributed by atoms with Gasteiger partial charge in [-0.2, -0.15) is 0 Å². The van der Waals surface area contributed by atoms with Crippen LogP contribution in [-0.2, 0) is 0 Å². The van der Waals surface area contributed by atoms with Crippen molar-refractivity contribution in [3.8, 4) is 0 Å². The van der Waals surface area contributed by atoms with E-state index in [2.05, 4.69) is 15.9 Å². The maximum atomic E-state index is 13.7. The standard InChI is InChI=1S/C13H7BrClF2NO/c14-9-5-11(16)8(4-12(9)17)13(19)7-3-6(18)1-2-10(7)15/h1-5H,18H2. The van der Waals surface area contributed by atoms with E-state index in [9.17, 15) is 13.6 Å². The molecule has 2 aromatic rings. The molecule has 0 aliphatic heterocycles. The van der Waals surface area contributed by atoms with Crippen LogP contribution in [0.5, 0.6) is 0 Å². The molecule has 0 unspecified atom stereocenters. The molecule has 0 aliphatic carbocycles. The zero-order valence-corrected chi connectivity index (χ0v) is 11.7. The van der Waals surface area contributed by atoms with Crippen LogP contribution < -0.4 is 5.73 Å². The molecule has 0 saturated heterocycles. The van der Waals surface area contributed by atoms with Crippen molar-refractivity contribution >= 4 is 39.0 Å². The lowest BCUT2D eigenvalue weighted by atomic mass is 10.0. The van der Waals surface area contributed by atoms with E-state index in [1.165, 1.54) is 18.2 Å². The van der Waals surface area contributed by atoms with Crippen LogP contribution in [0, 0.1) is 11.6 Å².